The zero-order valence-electron chi connectivity index (χ0n) is 12.4. The first-order valence-corrected chi connectivity index (χ1v) is 9.14. The van der Waals surface area contributed by atoms with Crippen LogP contribution in [0.15, 0.2) is 71.6 Å². The first kappa shape index (κ1) is 16.0. The minimum atomic E-state index is -3.51. The van der Waals surface area contributed by atoms with Gasteiger partial charge >= 0.3 is 0 Å². The quantitative estimate of drug-likeness (QED) is 0.759. The average Bonchev–Trinajstić information content (AvgIpc) is 2.54. The van der Waals surface area contributed by atoms with E-state index in [1.54, 1.807) is 18.2 Å². The van der Waals surface area contributed by atoms with Crippen LogP contribution in [0.5, 0.6) is 0 Å². The first-order valence-electron chi connectivity index (χ1n) is 7.27. The Bertz CT molecular complexity index is 938. The summed E-state index contributed by atoms with van der Waals surface area (Å²) in [5.74, 6) is 0. The van der Waals surface area contributed by atoms with Gasteiger partial charge in [0.05, 0.1) is 4.90 Å². The fourth-order valence-electron chi connectivity index (χ4n) is 2.44. The Hall–Kier alpha value is -1.88. The first-order chi connectivity index (χ1) is 11.0. The van der Waals surface area contributed by atoms with Crippen LogP contribution in [0, 0.1) is 0 Å². The fraction of sp³-hybridized carbons (Fsp3) is 0.111. The minimum absolute atomic E-state index is 0.280. The molecule has 3 aromatic rings. The maximum atomic E-state index is 12.4. The molecule has 0 bridgehead atoms. The highest BCUT2D eigenvalue weighted by Gasteiger charge is 2.13. The smallest absolute Gasteiger partial charge is 0.211 e. The molecule has 0 spiro atoms. The van der Waals surface area contributed by atoms with E-state index < -0.39 is 10.0 Å². The molecular weight excluding hydrogens is 330 g/mol. The van der Waals surface area contributed by atoms with E-state index >= 15 is 0 Å². The molecule has 0 saturated carbocycles. The molecule has 3 nitrogen and oxygen atoms in total. The van der Waals surface area contributed by atoms with Gasteiger partial charge < -0.3 is 0 Å². The zero-order chi connectivity index (χ0) is 16.3. The number of benzene rings is 3. The molecule has 0 aliphatic carbocycles. The van der Waals surface area contributed by atoms with Crippen LogP contribution >= 0.6 is 11.6 Å². The third kappa shape index (κ3) is 3.91. The molecule has 0 aliphatic heterocycles. The molecule has 3 rings (SSSR count). The van der Waals surface area contributed by atoms with Crippen LogP contribution < -0.4 is 4.72 Å². The number of fused-ring (bicyclic) bond motifs is 1. The highest BCUT2D eigenvalue weighted by atomic mass is 35.5. The van der Waals surface area contributed by atoms with Crippen LogP contribution in [0.3, 0.4) is 0 Å². The minimum Gasteiger partial charge on any atom is -0.211 e. The molecule has 0 amide bonds. The lowest BCUT2D eigenvalue weighted by atomic mass is 10.1. The van der Waals surface area contributed by atoms with Gasteiger partial charge in [-0.1, -0.05) is 54.1 Å². The lowest BCUT2D eigenvalue weighted by Gasteiger charge is -2.08. The van der Waals surface area contributed by atoms with Crippen LogP contribution in [0.1, 0.15) is 5.56 Å². The largest absolute Gasteiger partial charge is 0.240 e. The molecule has 0 aromatic heterocycles. The number of nitrogens with one attached hydrogen (secondary N) is 1. The van der Waals surface area contributed by atoms with Gasteiger partial charge in [-0.2, -0.15) is 0 Å². The van der Waals surface area contributed by atoms with E-state index in [9.17, 15) is 8.42 Å². The molecule has 5 heteroatoms. The van der Waals surface area contributed by atoms with Gasteiger partial charge in [0.15, 0.2) is 0 Å². The van der Waals surface area contributed by atoms with Gasteiger partial charge in [-0.3, -0.25) is 0 Å². The van der Waals surface area contributed by atoms with Crippen molar-refractivity contribution in [2.45, 2.75) is 11.3 Å². The number of halogens is 1. The Morgan fingerprint density at radius 2 is 1.65 bits per heavy atom. The van der Waals surface area contributed by atoms with Gasteiger partial charge in [0.2, 0.25) is 10.0 Å². The lowest BCUT2D eigenvalue weighted by molar-refractivity contribution is 0.582. The Labute approximate surface area is 141 Å². The van der Waals surface area contributed by atoms with Crippen molar-refractivity contribution in [3.8, 4) is 0 Å². The lowest BCUT2D eigenvalue weighted by Crippen LogP contribution is -2.26. The summed E-state index contributed by atoms with van der Waals surface area (Å²) in [6.45, 7) is 0.329. The molecule has 3 aromatic carbocycles. The number of sulfonamides is 1. The summed E-state index contributed by atoms with van der Waals surface area (Å²) >= 11 is 5.93. The predicted molar refractivity (Wildman–Crippen MR) is 94.3 cm³/mol. The Kier molecular flexibility index (Phi) is 4.66. The molecule has 1 N–H and O–H groups in total. The summed E-state index contributed by atoms with van der Waals surface area (Å²) < 4.78 is 27.4. The molecule has 0 heterocycles. The van der Waals surface area contributed by atoms with Crippen molar-refractivity contribution in [3.63, 3.8) is 0 Å². The van der Waals surface area contributed by atoms with Crippen molar-refractivity contribution < 1.29 is 8.42 Å². The maximum absolute atomic E-state index is 12.4. The monoisotopic (exact) mass is 345 g/mol. The van der Waals surface area contributed by atoms with E-state index in [-0.39, 0.29) is 4.90 Å². The van der Waals surface area contributed by atoms with Crippen LogP contribution in [0.2, 0.25) is 5.02 Å². The Morgan fingerprint density at radius 3 is 2.43 bits per heavy atom. The molecule has 23 heavy (non-hydrogen) atoms. The van der Waals surface area contributed by atoms with E-state index in [4.69, 9.17) is 11.6 Å². The Balaban J connectivity index is 1.72. The topological polar surface area (TPSA) is 46.2 Å². The summed E-state index contributed by atoms with van der Waals surface area (Å²) in [6.07, 6.45) is 0.591. The molecular formula is C18H16ClNO2S. The van der Waals surface area contributed by atoms with E-state index in [0.29, 0.717) is 18.0 Å². The third-order valence-electron chi connectivity index (χ3n) is 3.63. The number of hydrogen-bond acceptors (Lipinski definition) is 2. The molecule has 118 valence electrons. The molecule has 0 fully saturated rings. The van der Waals surface area contributed by atoms with Crippen molar-refractivity contribution in [1.82, 2.24) is 4.72 Å². The standard InChI is InChI=1S/C18H16ClNO2S/c19-17-7-3-4-14(12-17)10-11-20-23(21,22)18-9-8-15-5-1-2-6-16(15)13-18/h1-9,12-13,20H,10-11H2. The number of hydrogen-bond donors (Lipinski definition) is 1. The van der Waals surface area contributed by atoms with Crippen molar-refractivity contribution in [2.75, 3.05) is 6.54 Å². The normalized spacial score (nSPS) is 11.7. The van der Waals surface area contributed by atoms with Crippen LogP contribution in [-0.2, 0) is 16.4 Å². The second kappa shape index (κ2) is 6.71. The van der Waals surface area contributed by atoms with Gasteiger partial charge in [0.1, 0.15) is 0 Å². The van der Waals surface area contributed by atoms with Gasteiger partial charge in [-0.05, 0) is 47.0 Å². The van der Waals surface area contributed by atoms with E-state index in [0.717, 1.165) is 16.3 Å². The molecule has 0 radical (unpaired) electrons. The van der Waals surface area contributed by atoms with Crippen molar-refractivity contribution in [1.29, 1.82) is 0 Å². The van der Waals surface area contributed by atoms with Crippen molar-refractivity contribution in [2.24, 2.45) is 0 Å². The summed E-state index contributed by atoms with van der Waals surface area (Å²) in [4.78, 5) is 0.280. The summed E-state index contributed by atoms with van der Waals surface area (Å²) in [6, 6.07) is 20.2. The molecule has 0 unspecified atom stereocenters. The SMILES string of the molecule is O=S(=O)(NCCc1cccc(Cl)c1)c1ccc2ccccc2c1. The highest BCUT2D eigenvalue weighted by molar-refractivity contribution is 7.89. The third-order valence-corrected chi connectivity index (χ3v) is 5.32. The van der Waals surface area contributed by atoms with E-state index in [1.807, 2.05) is 48.5 Å². The molecule has 0 aliphatic rings. The van der Waals surface area contributed by atoms with Gasteiger partial charge in [0.25, 0.3) is 0 Å². The van der Waals surface area contributed by atoms with Crippen LogP contribution in [-0.4, -0.2) is 15.0 Å². The van der Waals surface area contributed by atoms with Crippen LogP contribution in [0.25, 0.3) is 10.8 Å². The molecule has 0 atom stereocenters. The van der Waals surface area contributed by atoms with Crippen molar-refractivity contribution >= 4 is 32.4 Å². The van der Waals surface area contributed by atoms with Crippen LogP contribution in [0.4, 0.5) is 0 Å². The van der Waals surface area contributed by atoms with Crippen molar-refractivity contribution in [3.05, 3.63) is 77.3 Å². The summed E-state index contributed by atoms with van der Waals surface area (Å²) in [7, 11) is -3.51. The van der Waals surface area contributed by atoms with E-state index in [2.05, 4.69) is 4.72 Å². The zero-order valence-corrected chi connectivity index (χ0v) is 13.9. The highest BCUT2D eigenvalue weighted by Crippen LogP contribution is 2.19. The Morgan fingerprint density at radius 1 is 0.870 bits per heavy atom. The second-order valence-electron chi connectivity index (χ2n) is 5.29. The van der Waals surface area contributed by atoms with E-state index in [1.165, 1.54) is 0 Å². The predicted octanol–water partition coefficient (Wildman–Crippen LogP) is 4.01. The second-order valence-corrected chi connectivity index (χ2v) is 7.49. The number of rotatable bonds is 5. The fourth-order valence-corrected chi connectivity index (χ4v) is 3.72. The average molecular weight is 346 g/mol. The van der Waals surface area contributed by atoms with Gasteiger partial charge in [0, 0.05) is 11.6 Å². The summed E-state index contributed by atoms with van der Waals surface area (Å²) in [5.41, 5.74) is 0.999. The maximum Gasteiger partial charge on any atom is 0.240 e. The van der Waals surface area contributed by atoms with Gasteiger partial charge in [-0.25, -0.2) is 13.1 Å². The van der Waals surface area contributed by atoms with Gasteiger partial charge in [-0.15, -0.1) is 0 Å². The summed E-state index contributed by atoms with van der Waals surface area (Å²) in [5, 5.41) is 2.58. The molecule has 0 saturated heterocycles.